The van der Waals surface area contributed by atoms with Gasteiger partial charge in [0.05, 0.1) is 12.2 Å². The van der Waals surface area contributed by atoms with Crippen molar-refractivity contribution in [2.24, 2.45) is 0 Å². The van der Waals surface area contributed by atoms with Crippen LogP contribution in [-0.4, -0.2) is 17.6 Å². The summed E-state index contributed by atoms with van der Waals surface area (Å²) in [7, 11) is 0. The van der Waals surface area contributed by atoms with Gasteiger partial charge in [-0.25, -0.2) is 9.78 Å². The number of aromatic nitrogens is 1. The number of hydrogen-bond acceptors (Lipinski definition) is 4. The SMILES string of the molecule is O=C(OCCc1cccs1)c1ccc(Cl)nc1. The number of rotatable bonds is 4. The van der Waals surface area contributed by atoms with Crippen LogP contribution in [0.15, 0.2) is 35.8 Å². The van der Waals surface area contributed by atoms with Gasteiger partial charge in [0.1, 0.15) is 5.15 Å². The molecule has 0 aliphatic heterocycles. The maximum atomic E-state index is 11.6. The number of hydrogen-bond donors (Lipinski definition) is 0. The predicted molar refractivity (Wildman–Crippen MR) is 67.6 cm³/mol. The monoisotopic (exact) mass is 267 g/mol. The van der Waals surface area contributed by atoms with Gasteiger partial charge in [-0.15, -0.1) is 11.3 Å². The molecule has 17 heavy (non-hydrogen) atoms. The van der Waals surface area contributed by atoms with Crippen molar-refractivity contribution in [1.82, 2.24) is 4.98 Å². The Labute approximate surface area is 108 Å². The van der Waals surface area contributed by atoms with Crippen LogP contribution >= 0.6 is 22.9 Å². The van der Waals surface area contributed by atoms with Gasteiger partial charge in [-0.2, -0.15) is 0 Å². The van der Waals surface area contributed by atoms with E-state index in [9.17, 15) is 4.79 Å². The highest BCUT2D eigenvalue weighted by Crippen LogP contribution is 2.10. The molecule has 2 heterocycles. The Morgan fingerprint density at radius 3 is 2.94 bits per heavy atom. The Balaban J connectivity index is 1.83. The van der Waals surface area contributed by atoms with Gasteiger partial charge in [-0.3, -0.25) is 0 Å². The van der Waals surface area contributed by atoms with E-state index < -0.39 is 0 Å². The minimum Gasteiger partial charge on any atom is -0.462 e. The molecular weight excluding hydrogens is 258 g/mol. The van der Waals surface area contributed by atoms with Crippen molar-refractivity contribution in [3.8, 4) is 0 Å². The highest BCUT2D eigenvalue weighted by molar-refractivity contribution is 7.09. The predicted octanol–water partition coefficient (Wildman–Crippen LogP) is 3.20. The van der Waals surface area contributed by atoms with Crippen molar-refractivity contribution in [3.63, 3.8) is 0 Å². The second-order valence-corrected chi connectivity index (χ2v) is 4.75. The quantitative estimate of drug-likeness (QED) is 0.631. The molecule has 0 unspecified atom stereocenters. The fraction of sp³-hybridized carbons (Fsp3) is 0.167. The van der Waals surface area contributed by atoms with Gasteiger partial charge in [0.2, 0.25) is 0 Å². The van der Waals surface area contributed by atoms with Gasteiger partial charge in [-0.1, -0.05) is 17.7 Å². The van der Waals surface area contributed by atoms with Gasteiger partial charge in [0, 0.05) is 17.5 Å². The zero-order chi connectivity index (χ0) is 12.1. The van der Waals surface area contributed by atoms with Crippen molar-refractivity contribution < 1.29 is 9.53 Å². The summed E-state index contributed by atoms with van der Waals surface area (Å²) in [6, 6.07) is 7.16. The third-order valence-corrected chi connectivity index (χ3v) is 3.28. The van der Waals surface area contributed by atoms with Crippen LogP contribution in [0.5, 0.6) is 0 Å². The largest absolute Gasteiger partial charge is 0.462 e. The molecular formula is C12H10ClNO2S. The van der Waals surface area contributed by atoms with E-state index in [1.165, 1.54) is 11.1 Å². The van der Waals surface area contributed by atoms with Crippen LogP contribution in [0.25, 0.3) is 0 Å². The number of esters is 1. The van der Waals surface area contributed by atoms with E-state index >= 15 is 0 Å². The third kappa shape index (κ3) is 3.54. The van der Waals surface area contributed by atoms with E-state index in [1.54, 1.807) is 23.5 Å². The number of thiophene rings is 1. The van der Waals surface area contributed by atoms with Crippen LogP contribution in [0.3, 0.4) is 0 Å². The highest BCUT2D eigenvalue weighted by Gasteiger charge is 2.07. The number of carbonyl (C=O) groups is 1. The zero-order valence-corrected chi connectivity index (χ0v) is 10.5. The average Bonchev–Trinajstić information content (AvgIpc) is 2.83. The van der Waals surface area contributed by atoms with Gasteiger partial charge in [0.25, 0.3) is 0 Å². The summed E-state index contributed by atoms with van der Waals surface area (Å²) in [6.45, 7) is 0.377. The Kier molecular flexibility index (Phi) is 4.12. The number of nitrogens with zero attached hydrogens (tertiary/aromatic N) is 1. The maximum absolute atomic E-state index is 11.6. The summed E-state index contributed by atoms with van der Waals surface area (Å²) in [4.78, 5) is 16.6. The summed E-state index contributed by atoms with van der Waals surface area (Å²) in [5, 5.41) is 2.36. The van der Waals surface area contributed by atoms with Crippen molar-refractivity contribution in [2.45, 2.75) is 6.42 Å². The van der Waals surface area contributed by atoms with E-state index in [-0.39, 0.29) is 5.97 Å². The maximum Gasteiger partial charge on any atom is 0.339 e. The third-order valence-electron chi connectivity index (χ3n) is 2.12. The average molecular weight is 268 g/mol. The van der Waals surface area contributed by atoms with Crippen LogP contribution in [0.1, 0.15) is 15.2 Å². The van der Waals surface area contributed by atoms with Crippen LogP contribution in [-0.2, 0) is 11.2 Å². The normalized spacial score (nSPS) is 10.2. The summed E-state index contributed by atoms with van der Waals surface area (Å²) in [5.41, 5.74) is 0.417. The molecule has 0 atom stereocenters. The van der Waals surface area contributed by atoms with E-state index in [2.05, 4.69) is 4.98 Å². The minimum absolute atomic E-state index is 0.361. The molecule has 0 aromatic carbocycles. The molecule has 0 spiro atoms. The lowest BCUT2D eigenvalue weighted by Gasteiger charge is -2.03. The van der Waals surface area contributed by atoms with Crippen LogP contribution in [0.4, 0.5) is 0 Å². The van der Waals surface area contributed by atoms with Crippen LogP contribution in [0.2, 0.25) is 5.15 Å². The molecule has 0 saturated carbocycles. The standard InChI is InChI=1S/C12H10ClNO2S/c13-11-4-3-9(8-14-11)12(15)16-6-5-10-2-1-7-17-10/h1-4,7-8H,5-6H2. The van der Waals surface area contributed by atoms with E-state index in [0.717, 1.165) is 6.42 Å². The molecule has 3 nitrogen and oxygen atoms in total. The fourth-order valence-corrected chi connectivity index (χ4v) is 2.08. The lowest BCUT2D eigenvalue weighted by atomic mass is 10.3. The molecule has 0 N–H and O–H groups in total. The molecule has 0 aliphatic rings. The molecule has 0 radical (unpaired) electrons. The summed E-state index contributed by atoms with van der Waals surface area (Å²) in [6.07, 6.45) is 2.15. The first-order chi connectivity index (χ1) is 8.25. The fourth-order valence-electron chi connectivity index (χ4n) is 1.28. The van der Waals surface area contributed by atoms with Crippen LogP contribution in [0, 0.1) is 0 Å². The van der Waals surface area contributed by atoms with E-state index in [4.69, 9.17) is 16.3 Å². The molecule has 5 heteroatoms. The topological polar surface area (TPSA) is 39.2 Å². The van der Waals surface area contributed by atoms with Gasteiger partial charge in [0.15, 0.2) is 0 Å². The van der Waals surface area contributed by atoms with E-state index in [1.807, 2.05) is 17.5 Å². The summed E-state index contributed by atoms with van der Waals surface area (Å²) < 4.78 is 5.13. The summed E-state index contributed by atoms with van der Waals surface area (Å²) >= 11 is 7.28. The Morgan fingerprint density at radius 2 is 2.29 bits per heavy atom. The molecule has 2 rings (SSSR count). The molecule has 2 aromatic rings. The first-order valence-electron chi connectivity index (χ1n) is 5.07. The zero-order valence-electron chi connectivity index (χ0n) is 8.93. The second kappa shape index (κ2) is 5.80. The number of halogens is 1. The molecule has 0 aliphatic carbocycles. The second-order valence-electron chi connectivity index (χ2n) is 3.33. The Morgan fingerprint density at radius 1 is 1.41 bits per heavy atom. The van der Waals surface area contributed by atoms with Crippen LogP contribution < -0.4 is 0 Å². The van der Waals surface area contributed by atoms with E-state index in [0.29, 0.717) is 17.3 Å². The molecule has 0 saturated heterocycles. The molecule has 88 valence electrons. The number of pyridine rings is 1. The van der Waals surface area contributed by atoms with Gasteiger partial charge < -0.3 is 4.74 Å². The summed E-state index contributed by atoms with van der Waals surface area (Å²) in [5.74, 6) is -0.370. The lowest BCUT2D eigenvalue weighted by Crippen LogP contribution is -2.08. The van der Waals surface area contributed by atoms with Crippen molar-refractivity contribution >= 4 is 28.9 Å². The minimum atomic E-state index is -0.370. The smallest absolute Gasteiger partial charge is 0.339 e. The molecule has 0 fully saturated rings. The Hall–Kier alpha value is -1.39. The number of carbonyl (C=O) groups excluding carboxylic acids is 1. The van der Waals surface area contributed by atoms with Gasteiger partial charge >= 0.3 is 5.97 Å². The lowest BCUT2D eigenvalue weighted by molar-refractivity contribution is 0.0509. The molecule has 0 bridgehead atoms. The van der Waals surface area contributed by atoms with Crippen molar-refractivity contribution in [3.05, 3.63) is 51.4 Å². The molecule has 2 aromatic heterocycles. The van der Waals surface area contributed by atoms with Crippen molar-refractivity contribution in [2.75, 3.05) is 6.61 Å². The van der Waals surface area contributed by atoms with Crippen molar-refractivity contribution in [1.29, 1.82) is 0 Å². The Bertz CT molecular complexity index is 482. The molecule has 0 amide bonds. The first-order valence-corrected chi connectivity index (χ1v) is 6.32. The first kappa shape index (κ1) is 12.1. The number of ether oxygens (including phenoxy) is 1. The van der Waals surface area contributed by atoms with Gasteiger partial charge in [-0.05, 0) is 23.6 Å². The highest BCUT2D eigenvalue weighted by atomic mass is 35.5.